The van der Waals surface area contributed by atoms with Crippen LogP contribution in [0.5, 0.6) is 0 Å². The molecule has 2 amide bonds. The molecule has 0 radical (unpaired) electrons. The molecule has 2 aliphatic heterocycles. The topological polar surface area (TPSA) is 57.6 Å². The van der Waals surface area contributed by atoms with E-state index in [2.05, 4.69) is 40.0 Å². The second kappa shape index (κ2) is 9.03. The maximum absolute atomic E-state index is 13.5. The average molecular weight is 499 g/mol. The van der Waals surface area contributed by atoms with Crippen molar-refractivity contribution in [3.63, 3.8) is 0 Å². The van der Waals surface area contributed by atoms with Crippen LogP contribution in [0.4, 0.5) is 5.69 Å². The number of nitrogens with zero attached hydrogens (tertiary/aromatic N) is 3. The van der Waals surface area contributed by atoms with Gasteiger partial charge in [0.15, 0.2) is 0 Å². The first-order valence-corrected chi connectivity index (χ1v) is 12.7. The summed E-state index contributed by atoms with van der Waals surface area (Å²) in [7, 11) is 2.05. The van der Waals surface area contributed by atoms with E-state index in [4.69, 9.17) is 11.6 Å². The van der Waals surface area contributed by atoms with Crippen molar-refractivity contribution < 1.29 is 9.59 Å². The lowest BCUT2D eigenvalue weighted by atomic mass is 9.96. The van der Waals surface area contributed by atoms with Gasteiger partial charge in [-0.05, 0) is 41.8 Å². The minimum Gasteiger partial charge on any atom is -0.352 e. The van der Waals surface area contributed by atoms with Crippen LogP contribution in [0.25, 0.3) is 10.9 Å². The predicted molar refractivity (Wildman–Crippen MR) is 142 cm³/mol. The van der Waals surface area contributed by atoms with Gasteiger partial charge in [0, 0.05) is 49.0 Å². The highest BCUT2D eigenvalue weighted by Crippen LogP contribution is 2.44. The summed E-state index contributed by atoms with van der Waals surface area (Å²) in [6.07, 6.45) is 0.908. The summed E-state index contributed by atoms with van der Waals surface area (Å²) < 4.78 is 2.24. The molecule has 1 unspecified atom stereocenters. The van der Waals surface area contributed by atoms with Crippen LogP contribution in [0, 0.1) is 0 Å². The van der Waals surface area contributed by atoms with Crippen LogP contribution >= 0.6 is 11.6 Å². The Labute approximate surface area is 215 Å². The second-order valence-corrected chi connectivity index (χ2v) is 9.81. The molecule has 0 saturated carbocycles. The molecule has 36 heavy (non-hydrogen) atoms. The van der Waals surface area contributed by atoms with Gasteiger partial charge in [-0.25, -0.2) is 0 Å². The van der Waals surface area contributed by atoms with Gasteiger partial charge in [0.25, 0.3) is 5.91 Å². The number of fused-ring (bicyclic) bond motifs is 6. The van der Waals surface area contributed by atoms with Crippen molar-refractivity contribution in [2.24, 2.45) is 0 Å². The first kappa shape index (κ1) is 22.7. The number of aryl methyl sites for hydroxylation is 1. The zero-order valence-corrected chi connectivity index (χ0v) is 20.8. The van der Waals surface area contributed by atoms with Gasteiger partial charge < -0.3 is 19.7 Å². The number of benzene rings is 3. The Kier molecular flexibility index (Phi) is 5.69. The van der Waals surface area contributed by atoms with Crippen LogP contribution in [0.15, 0.2) is 72.8 Å². The number of rotatable bonds is 5. The molecule has 0 bridgehead atoms. The molecule has 0 fully saturated rings. The van der Waals surface area contributed by atoms with Crippen molar-refractivity contribution in [3.8, 4) is 0 Å². The molecule has 1 N–H and O–H groups in total. The maximum atomic E-state index is 13.5. The molecule has 0 spiro atoms. The second-order valence-electron chi connectivity index (χ2n) is 9.40. The van der Waals surface area contributed by atoms with E-state index in [0.717, 1.165) is 34.4 Å². The summed E-state index contributed by atoms with van der Waals surface area (Å²) in [4.78, 5) is 30.5. The number of hydrogen-bond donors (Lipinski definition) is 1. The molecular formula is C29H27ClN4O2. The smallest absolute Gasteiger partial charge is 0.257 e. The minimum atomic E-state index is -0.213. The van der Waals surface area contributed by atoms with E-state index >= 15 is 0 Å². The van der Waals surface area contributed by atoms with Gasteiger partial charge in [-0.1, -0.05) is 60.1 Å². The highest BCUT2D eigenvalue weighted by molar-refractivity contribution is 6.31. The molecule has 0 aliphatic carbocycles. The third-order valence-corrected chi connectivity index (χ3v) is 7.77. The van der Waals surface area contributed by atoms with E-state index in [1.807, 2.05) is 59.5 Å². The van der Waals surface area contributed by atoms with Crippen molar-refractivity contribution >= 4 is 40.0 Å². The van der Waals surface area contributed by atoms with E-state index in [9.17, 15) is 9.59 Å². The maximum Gasteiger partial charge on any atom is 0.257 e. The van der Waals surface area contributed by atoms with Gasteiger partial charge in [0.05, 0.1) is 16.9 Å². The number of carbonyl (C=O) groups excluding carboxylic acids is 2. The molecule has 4 aromatic rings. The molecular weight excluding hydrogens is 472 g/mol. The van der Waals surface area contributed by atoms with Gasteiger partial charge in [0.1, 0.15) is 6.17 Å². The van der Waals surface area contributed by atoms with Crippen LogP contribution < -0.4 is 10.2 Å². The number of anilines is 1. The normalized spacial score (nSPS) is 16.5. The van der Waals surface area contributed by atoms with Gasteiger partial charge in [-0.15, -0.1) is 0 Å². The third kappa shape index (κ3) is 3.64. The van der Waals surface area contributed by atoms with E-state index in [0.29, 0.717) is 31.1 Å². The van der Waals surface area contributed by atoms with Crippen molar-refractivity contribution in [3.05, 3.63) is 100 Å². The fourth-order valence-corrected chi connectivity index (χ4v) is 5.89. The molecule has 6 nitrogen and oxygen atoms in total. The van der Waals surface area contributed by atoms with Crippen LogP contribution in [0.3, 0.4) is 0 Å². The average Bonchev–Trinajstić information content (AvgIpc) is 3.23. The van der Waals surface area contributed by atoms with E-state index in [1.165, 1.54) is 10.9 Å². The van der Waals surface area contributed by atoms with Crippen molar-refractivity contribution in [2.75, 3.05) is 18.5 Å². The molecule has 1 aromatic heterocycles. The van der Waals surface area contributed by atoms with E-state index in [1.54, 1.807) is 0 Å². The highest BCUT2D eigenvalue weighted by atomic mass is 35.5. The van der Waals surface area contributed by atoms with Crippen molar-refractivity contribution in [1.82, 2.24) is 14.8 Å². The predicted octanol–water partition coefficient (Wildman–Crippen LogP) is 5.15. The molecule has 7 heteroatoms. The lowest BCUT2D eigenvalue weighted by Crippen LogP contribution is -2.51. The summed E-state index contributed by atoms with van der Waals surface area (Å²) in [5, 5.41) is 4.85. The monoisotopic (exact) mass is 498 g/mol. The number of aromatic nitrogens is 1. The molecule has 2 aliphatic rings. The van der Waals surface area contributed by atoms with Crippen LogP contribution in [0.2, 0.25) is 5.02 Å². The van der Waals surface area contributed by atoms with Gasteiger partial charge in [-0.2, -0.15) is 0 Å². The van der Waals surface area contributed by atoms with Gasteiger partial charge >= 0.3 is 0 Å². The Morgan fingerprint density at radius 1 is 1.03 bits per heavy atom. The Morgan fingerprint density at radius 3 is 2.64 bits per heavy atom. The number of halogens is 1. The largest absolute Gasteiger partial charge is 0.352 e. The number of carbonyl (C=O) groups is 2. The van der Waals surface area contributed by atoms with E-state index < -0.39 is 0 Å². The Hall–Kier alpha value is -3.77. The zero-order valence-electron chi connectivity index (χ0n) is 20.1. The van der Waals surface area contributed by atoms with Gasteiger partial charge in [-0.3, -0.25) is 9.59 Å². The molecule has 3 heterocycles. The molecule has 6 rings (SSSR count). The van der Waals surface area contributed by atoms with Crippen molar-refractivity contribution in [1.29, 1.82) is 0 Å². The summed E-state index contributed by atoms with van der Waals surface area (Å²) in [5.41, 5.74) is 6.04. The minimum absolute atomic E-state index is 0.0347. The Morgan fingerprint density at radius 2 is 1.78 bits per heavy atom. The number of hydrogen-bond acceptors (Lipinski definition) is 3. The first-order chi connectivity index (χ1) is 17.5. The summed E-state index contributed by atoms with van der Waals surface area (Å²) in [6, 6.07) is 23.7. The summed E-state index contributed by atoms with van der Waals surface area (Å²) in [5.74, 6) is 0.0289. The number of para-hydroxylation sites is 2. The SMILES string of the molecule is CN1c2ccccc2C(=O)N2CCc3c(n(CCC(=O)NCc4ccccc4Cl)c4ccccc34)C21. The Bertz CT molecular complexity index is 1490. The fourth-order valence-electron chi connectivity index (χ4n) is 5.69. The van der Waals surface area contributed by atoms with Crippen LogP contribution in [0.1, 0.15) is 39.8 Å². The van der Waals surface area contributed by atoms with Crippen LogP contribution in [-0.2, 0) is 24.3 Å². The number of amides is 2. The third-order valence-electron chi connectivity index (χ3n) is 7.40. The van der Waals surface area contributed by atoms with Crippen LogP contribution in [-0.4, -0.2) is 34.9 Å². The van der Waals surface area contributed by atoms with Gasteiger partial charge in [0.2, 0.25) is 5.91 Å². The standard InChI is InChI=1S/C29H27ClN4O2/c1-32-24-12-6-4-10-22(24)29(36)34-16-14-21-20-9-3-7-13-25(20)33(27(21)28(32)34)17-15-26(35)31-18-19-8-2-5-11-23(19)30/h2-13,28H,14-18H2,1H3,(H,31,35). The first-order valence-electron chi connectivity index (χ1n) is 12.3. The Balaban J connectivity index is 1.33. The summed E-state index contributed by atoms with van der Waals surface area (Å²) in [6.45, 7) is 1.59. The molecule has 3 aromatic carbocycles. The lowest BCUT2D eigenvalue weighted by Gasteiger charge is -2.46. The van der Waals surface area contributed by atoms with Crippen molar-refractivity contribution in [2.45, 2.75) is 32.1 Å². The van der Waals surface area contributed by atoms with E-state index in [-0.39, 0.29) is 18.0 Å². The fraction of sp³-hybridized carbons (Fsp3) is 0.241. The molecule has 1 atom stereocenters. The zero-order chi connectivity index (χ0) is 24.8. The lowest BCUT2D eigenvalue weighted by molar-refractivity contribution is -0.121. The highest BCUT2D eigenvalue weighted by Gasteiger charge is 2.42. The molecule has 0 saturated heterocycles. The molecule has 182 valence electrons. The summed E-state index contributed by atoms with van der Waals surface area (Å²) >= 11 is 6.24. The number of nitrogens with one attached hydrogen (secondary N) is 1. The quantitative estimate of drug-likeness (QED) is 0.414.